The monoisotopic (exact) mass is 408 g/mol. The van der Waals surface area contributed by atoms with Crippen molar-refractivity contribution in [1.29, 1.82) is 0 Å². The van der Waals surface area contributed by atoms with Crippen molar-refractivity contribution in [1.82, 2.24) is 20.3 Å². The first-order valence-electron chi connectivity index (χ1n) is 10.0. The van der Waals surface area contributed by atoms with Crippen LogP contribution in [0.5, 0.6) is 11.5 Å². The van der Waals surface area contributed by atoms with Gasteiger partial charge >= 0.3 is 0 Å². The lowest BCUT2D eigenvalue weighted by molar-refractivity contribution is -0.123. The lowest BCUT2D eigenvalue weighted by Crippen LogP contribution is -2.37. The van der Waals surface area contributed by atoms with E-state index < -0.39 is 0 Å². The van der Waals surface area contributed by atoms with Gasteiger partial charge in [0.05, 0.1) is 24.6 Å². The minimum atomic E-state index is -0.340. The van der Waals surface area contributed by atoms with E-state index in [-0.39, 0.29) is 30.0 Å². The number of amides is 1. The van der Waals surface area contributed by atoms with Gasteiger partial charge in [-0.1, -0.05) is 37.3 Å². The van der Waals surface area contributed by atoms with Crippen LogP contribution in [0.25, 0.3) is 10.9 Å². The zero-order valence-electron chi connectivity index (χ0n) is 17.0. The summed E-state index contributed by atoms with van der Waals surface area (Å²) in [7, 11) is 0. The van der Waals surface area contributed by atoms with E-state index in [2.05, 4.69) is 15.6 Å². The Labute approximate surface area is 173 Å². The second kappa shape index (κ2) is 8.52. The van der Waals surface area contributed by atoms with Gasteiger partial charge in [-0.15, -0.1) is 5.10 Å². The van der Waals surface area contributed by atoms with Crippen molar-refractivity contribution < 1.29 is 14.3 Å². The highest BCUT2D eigenvalue weighted by molar-refractivity contribution is 5.78. The summed E-state index contributed by atoms with van der Waals surface area (Å²) in [6.45, 7) is 5.06. The highest BCUT2D eigenvalue weighted by Crippen LogP contribution is 2.34. The average molecular weight is 408 g/mol. The Morgan fingerprint density at radius 2 is 1.90 bits per heavy atom. The van der Waals surface area contributed by atoms with Crippen LogP contribution < -0.4 is 20.3 Å². The van der Waals surface area contributed by atoms with Gasteiger partial charge in [0, 0.05) is 6.42 Å². The van der Waals surface area contributed by atoms with Crippen LogP contribution in [-0.4, -0.2) is 34.1 Å². The molecule has 2 aromatic carbocycles. The zero-order valence-corrected chi connectivity index (χ0v) is 17.0. The molecule has 1 N–H and O–H groups in total. The van der Waals surface area contributed by atoms with Crippen molar-refractivity contribution in [2.24, 2.45) is 5.92 Å². The Bertz CT molecular complexity index is 1130. The SMILES string of the molecule is CC(C)C(NC(=O)Cn1nnc2ccccc2c1=O)c1ccc2c(c1)OCCCO2. The number of ether oxygens (including phenoxy) is 2. The van der Waals surface area contributed by atoms with Gasteiger partial charge in [-0.05, 0) is 35.7 Å². The van der Waals surface area contributed by atoms with Crippen LogP contribution >= 0.6 is 0 Å². The average Bonchev–Trinajstić information content (AvgIpc) is 2.99. The van der Waals surface area contributed by atoms with E-state index in [0.29, 0.717) is 35.6 Å². The third-order valence-electron chi connectivity index (χ3n) is 5.04. The van der Waals surface area contributed by atoms with Gasteiger partial charge in [-0.25, -0.2) is 4.68 Å². The Balaban J connectivity index is 1.54. The summed E-state index contributed by atoms with van der Waals surface area (Å²) >= 11 is 0. The molecule has 8 heteroatoms. The van der Waals surface area contributed by atoms with Gasteiger partial charge in [0.2, 0.25) is 5.91 Å². The Morgan fingerprint density at radius 3 is 2.70 bits per heavy atom. The third kappa shape index (κ3) is 4.12. The maximum atomic E-state index is 12.7. The maximum Gasteiger partial charge on any atom is 0.278 e. The smallest absolute Gasteiger partial charge is 0.278 e. The second-order valence-electron chi connectivity index (χ2n) is 7.62. The summed E-state index contributed by atoms with van der Waals surface area (Å²) < 4.78 is 12.5. The van der Waals surface area contributed by atoms with Crippen molar-refractivity contribution in [3.63, 3.8) is 0 Å². The molecule has 2 heterocycles. The molecule has 0 fully saturated rings. The fourth-order valence-corrected chi connectivity index (χ4v) is 3.49. The molecule has 30 heavy (non-hydrogen) atoms. The van der Waals surface area contributed by atoms with Crippen LogP contribution in [0.1, 0.15) is 31.9 Å². The van der Waals surface area contributed by atoms with E-state index in [1.807, 2.05) is 32.0 Å². The minimum Gasteiger partial charge on any atom is -0.490 e. The topological polar surface area (TPSA) is 95.3 Å². The first-order valence-corrected chi connectivity index (χ1v) is 10.0. The summed E-state index contributed by atoms with van der Waals surface area (Å²) in [6, 6.07) is 12.4. The van der Waals surface area contributed by atoms with Gasteiger partial charge < -0.3 is 14.8 Å². The highest BCUT2D eigenvalue weighted by atomic mass is 16.5. The fourth-order valence-electron chi connectivity index (χ4n) is 3.49. The Kier molecular flexibility index (Phi) is 5.65. The molecule has 156 valence electrons. The summed E-state index contributed by atoms with van der Waals surface area (Å²) in [4.78, 5) is 25.3. The number of nitrogens with one attached hydrogen (secondary N) is 1. The van der Waals surface area contributed by atoms with E-state index in [0.717, 1.165) is 16.7 Å². The number of fused-ring (bicyclic) bond motifs is 2. The highest BCUT2D eigenvalue weighted by Gasteiger charge is 2.22. The second-order valence-corrected chi connectivity index (χ2v) is 7.62. The van der Waals surface area contributed by atoms with Crippen molar-refractivity contribution in [2.45, 2.75) is 32.9 Å². The van der Waals surface area contributed by atoms with Gasteiger partial charge in [0.25, 0.3) is 5.56 Å². The minimum absolute atomic E-state index is 0.123. The molecule has 1 aliphatic heterocycles. The van der Waals surface area contributed by atoms with Crippen LogP contribution in [0.3, 0.4) is 0 Å². The number of carbonyl (C=O) groups is 1. The van der Waals surface area contributed by atoms with E-state index in [1.165, 1.54) is 0 Å². The molecule has 0 spiro atoms. The van der Waals surface area contributed by atoms with E-state index in [9.17, 15) is 9.59 Å². The first-order chi connectivity index (χ1) is 14.5. The molecule has 1 atom stereocenters. The number of nitrogens with zero attached hydrogens (tertiary/aromatic N) is 3. The molecule has 0 radical (unpaired) electrons. The van der Waals surface area contributed by atoms with Gasteiger partial charge in [-0.2, -0.15) is 0 Å². The van der Waals surface area contributed by atoms with Crippen LogP contribution in [0.2, 0.25) is 0 Å². The van der Waals surface area contributed by atoms with E-state index >= 15 is 0 Å². The van der Waals surface area contributed by atoms with Crippen LogP contribution in [0.15, 0.2) is 47.3 Å². The predicted molar refractivity (Wildman–Crippen MR) is 112 cm³/mol. The Morgan fingerprint density at radius 1 is 1.13 bits per heavy atom. The van der Waals surface area contributed by atoms with Gasteiger partial charge in [0.1, 0.15) is 12.1 Å². The summed E-state index contributed by atoms with van der Waals surface area (Å²) in [5.74, 6) is 1.20. The number of hydrogen-bond donors (Lipinski definition) is 1. The summed E-state index contributed by atoms with van der Waals surface area (Å²) in [5.41, 5.74) is 1.08. The van der Waals surface area contributed by atoms with E-state index in [4.69, 9.17) is 9.47 Å². The number of carbonyl (C=O) groups excluding carboxylic acids is 1. The van der Waals surface area contributed by atoms with Crippen LogP contribution in [0.4, 0.5) is 0 Å². The molecule has 0 bridgehead atoms. The first kappa shape index (κ1) is 19.9. The third-order valence-corrected chi connectivity index (χ3v) is 5.04. The zero-order chi connectivity index (χ0) is 21.1. The van der Waals surface area contributed by atoms with Crippen molar-refractivity contribution in [2.75, 3.05) is 13.2 Å². The molecule has 4 rings (SSSR count). The maximum absolute atomic E-state index is 12.7. The van der Waals surface area contributed by atoms with Crippen LogP contribution in [0, 0.1) is 5.92 Å². The molecule has 1 amide bonds. The van der Waals surface area contributed by atoms with E-state index in [1.54, 1.807) is 24.3 Å². The van der Waals surface area contributed by atoms with Crippen LogP contribution in [-0.2, 0) is 11.3 Å². The van der Waals surface area contributed by atoms with Gasteiger partial charge in [-0.3, -0.25) is 9.59 Å². The lowest BCUT2D eigenvalue weighted by Gasteiger charge is -2.24. The van der Waals surface area contributed by atoms with Crippen molar-refractivity contribution in [3.8, 4) is 11.5 Å². The number of rotatable bonds is 5. The number of aromatic nitrogens is 3. The molecule has 0 aliphatic carbocycles. The quantitative estimate of drug-likeness (QED) is 0.697. The molecule has 8 nitrogen and oxygen atoms in total. The summed E-state index contributed by atoms with van der Waals surface area (Å²) in [6.07, 6.45) is 0.829. The normalized spacial score (nSPS) is 14.4. The molecular formula is C22H24N4O4. The molecule has 0 saturated heterocycles. The molecule has 1 aliphatic rings. The molecule has 1 unspecified atom stereocenters. The molecule has 0 saturated carbocycles. The molecule has 1 aromatic heterocycles. The predicted octanol–water partition coefficient (Wildman–Crippen LogP) is 2.47. The van der Waals surface area contributed by atoms with Gasteiger partial charge in [0.15, 0.2) is 11.5 Å². The largest absolute Gasteiger partial charge is 0.490 e. The summed E-state index contributed by atoms with van der Waals surface area (Å²) in [5, 5.41) is 11.4. The standard InChI is InChI=1S/C22H24N4O4/c1-14(2)21(15-8-9-18-19(12-15)30-11-5-10-29-18)23-20(27)13-26-22(28)16-6-3-4-7-17(16)24-25-26/h3-4,6-9,12,14,21H,5,10-11,13H2,1-2H3,(H,23,27). The number of benzene rings is 2. The Hall–Kier alpha value is -3.42. The molecular weight excluding hydrogens is 384 g/mol. The van der Waals surface area contributed by atoms with Crippen molar-refractivity contribution in [3.05, 3.63) is 58.4 Å². The fraction of sp³-hybridized carbons (Fsp3) is 0.364. The number of hydrogen-bond acceptors (Lipinski definition) is 6. The lowest BCUT2D eigenvalue weighted by atomic mass is 9.95. The van der Waals surface area contributed by atoms with Crippen molar-refractivity contribution >= 4 is 16.8 Å². The molecule has 3 aromatic rings.